The van der Waals surface area contributed by atoms with Crippen molar-refractivity contribution in [2.75, 3.05) is 0 Å². The van der Waals surface area contributed by atoms with Gasteiger partial charge in [-0.25, -0.2) is 0 Å². The average Bonchev–Trinajstić information content (AvgIpc) is 2.85. The average molecular weight is 302 g/mol. The van der Waals surface area contributed by atoms with Crippen molar-refractivity contribution >= 4 is 11.6 Å². The highest BCUT2D eigenvalue weighted by atomic mass is 16.6. The number of nitro groups is 1. The lowest BCUT2D eigenvalue weighted by Crippen LogP contribution is -2.23. The molecule has 22 heavy (non-hydrogen) atoms. The standard InChI is InChI=1S/C15H18N4O3/c1-4-18-9-13(11(3)17-18)8-16-15(20)12-6-5-10(2)14(7-12)19(21)22/h5-7,9H,4,8H2,1-3H3,(H,16,20). The molecule has 2 rings (SSSR count). The van der Waals surface area contributed by atoms with Crippen LogP contribution in [0.5, 0.6) is 0 Å². The fourth-order valence-corrected chi connectivity index (χ4v) is 2.12. The first-order valence-electron chi connectivity index (χ1n) is 6.98. The van der Waals surface area contributed by atoms with E-state index in [-0.39, 0.29) is 17.2 Å². The van der Waals surface area contributed by atoms with Crippen molar-refractivity contribution in [1.29, 1.82) is 0 Å². The van der Waals surface area contributed by atoms with Gasteiger partial charge in [0.1, 0.15) is 0 Å². The number of nitrogens with zero attached hydrogens (tertiary/aromatic N) is 3. The largest absolute Gasteiger partial charge is 0.348 e. The Kier molecular flexibility index (Phi) is 4.55. The predicted octanol–water partition coefficient (Wildman–Crippen LogP) is 2.36. The number of benzene rings is 1. The summed E-state index contributed by atoms with van der Waals surface area (Å²) in [6, 6.07) is 4.46. The predicted molar refractivity (Wildman–Crippen MR) is 81.6 cm³/mol. The lowest BCUT2D eigenvalue weighted by Gasteiger charge is -2.05. The number of nitrogens with one attached hydrogen (secondary N) is 1. The fourth-order valence-electron chi connectivity index (χ4n) is 2.12. The number of nitro benzene ring substituents is 1. The molecular formula is C15H18N4O3. The smallest absolute Gasteiger partial charge is 0.273 e. The number of amides is 1. The molecule has 0 saturated heterocycles. The third kappa shape index (κ3) is 3.30. The van der Waals surface area contributed by atoms with Crippen molar-refractivity contribution in [3.8, 4) is 0 Å². The van der Waals surface area contributed by atoms with E-state index in [1.165, 1.54) is 6.07 Å². The summed E-state index contributed by atoms with van der Waals surface area (Å²) in [5.41, 5.74) is 2.54. The van der Waals surface area contributed by atoms with E-state index < -0.39 is 4.92 Å². The first-order valence-corrected chi connectivity index (χ1v) is 6.98. The first kappa shape index (κ1) is 15.7. The van der Waals surface area contributed by atoms with Gasteiger partial charge < -0.3 is 5.32 Å². The molecule has 0 bridgehead atoms. The number of hydrogen-bond acceptors (Lipinski definition) is 4. The maximum Gasteiger partial charge on any atom is 0.273 e. The summed E-state index contributed by atoms with van der Waals surface area (Å²) >= 11 is 0. The van der Waals surface area contributed by atoms with Gasteiger partial charge in [0.2, 0.25) is 0 Å². The van der Waals surface area contributed by atoms with Crippen LogP contribution in [-0.2, 0) is 13.1 Å². The van der Waals surface area contributed by atoms with E-state index in [2.05, 4.69) is 10.4 Å². The fraction of sp³-hybridized carbons (Fsp3) is 0.333. The molecule has 7 heteroatoms. The SMILES string of the molecule is CCn1cc(CNC(=O)c2ccc(C)c([N+](=O)[O-])c2)c(C)n1. The first-order chi connectivity index (χ1) is 10.4. The second kappa shape index (κ2) is 6.38. The van der Waals surface area contributed by atoms with Gasteiger partial charge in [0.15, 0.2) is 0 Å². The highest BCUT2D eigenvalue weighted by Crippen LogP contribution is 2.19. The molecule has 1 aromatic carbocycles. The van der Waals surface area contributed by atoms with Crippen LogP contribution in [0.25, 0.3) is 0 Å². The normalized spacial score (nSPS) is 10.5. The van der Waals surface area contributed by atoms with E-state index in [4.69, 9.17) is 0 Å². The molecule has 0 aliphatic carbocycles. The van der Waals surface area contributed by atoms with Crippen molar-refractivity contribution in [3.05, 3.63) is 56.9 Å². The molecule has 0 saturated carbocycles. The van der Waals surface area contributed by atoms with Gasteiger partial charge in [-0.3, -0.25) is 19.6 Å². The van der Waals surface area contributed by atoms with Crippen LogP contribution < -0.4 is 5.32 Å². The molecule has 2 aromatic rings. The molecule has 0 aliphatic rings. The van der Waals surface area contributed by atoms with E-state index in [0.29, 0.717) is 12.1 Å². The van der Waals surface area contributed by atoms with Crippen molar-refractivity contribution in [2.45, 2.75) is 33.9 Å². The van der Waals surface area contributed by atoms with Crippen LogP contribution in [0.4, 0.5) is 5.69 Å². The molecule has 0 aliphatic heterocycles. The van der Waals surface area contributed by atoms with Gasteiger partial charge in [0.05, 0.1) is 10.6 Å². The molecule has 1 heterocycles. The second-order valence-electron chi connectivity index (χ2n) is 5.04. The minimum atomic E-state index is -0.485. The minimum absolute atomic E-state index is 0.0531. The maximum atomic E-state index is 12.1. The molecule has 0 spiro atoms. The zero-order chi connectivity index (χ0) is 16.3. The van der Waals surface area contributed by atoms with Crippen molar-refractivity contribution in [2.24, 2.45) is 0 Å². The Morgan fingerprint density at radius 1 is 1.41 bits per heavy atom. The summed E-state index contributed by atoms with van der Waals surface area (Å²) in [5.74, 6) is -0.341. The summed E-state index contributed by atoms with van der Waals surface area (Å²) in [6.07, 6.45) is 1.88. The second-order valence-corrected chi connectivity index (χ2v) is 5.04. The van der Waals surface area contributed by atoms with Crippen molar-refractivity contribution in [1.82, 2.24) is 15.1 Å². The van der Waals surface area contributed by atoms with Crippen LogP contribution in [0, 0.1) is 24.0 Å². The molecule has 0 atom stereocenters. The topological polar surface area (TPSA) is 90.1 Å². The molecule has 116 valence electrons. The summed E-state index contributed by atoms with van der Waals surface area (Å²) in [4.78, 5) is 22.6. The van der Waals surface area contributed by atoms with Gasteiger partial charge in [0.25, 0.3) is 11.6 Å². The van der Waals surface area contributed by atoms with E-state index in [0.717, 1.165) is 17.8 Å². The zero-order valence-corrected chi connectivity index (χ0v) is 12.8. The highest BCUT2D eigenvalue weighted by Gasteiger charge is 2.15. The van der Waals surface area contributed by atoms with Gasteiger partial charge in [0, 0.05) is 42.0 Å². The van der Waals surface area contributed by atoms with Gasteiger partial charge in [-0.2, -0.15) is 5.10 Å². The Morgan fingerprint density at radius 2 is 2.14 bits per heavy atom. The lowest BCUT2D eigenvalue weighted by atomic mass is 10.1. The molecule has 7 nitrogen and oxygen atoms in total. The minimum Gasteiger partial charge on any atom is -0.348 e. The number of aromatic nitrogens is 2. The van der Waals surface area contributed by atoms with Gasteiger partial charge >= 0.3 is 0 Å². The van der Waals surface area contributed by atoms with Crippen molar-refractivity contribution < 1.29 is 9.72 Å². The number of rotatable bonds is 5. The quantitative estimate of drug-likeness (QED) is 0.678. The molecule has 1 aromatic heterocycles. The van der Waals surface area contributed by atoms with Crippen LogP contribution in [0.2, 0.25) is 0 Å². The van der Waals surface area contributed by atoms with E-state index in [1.807, 2.05) is 20.0 Å². The van der Waals surface area contributed by atoms with Gasteiger partial charge in [-0.15, -0.1) is 0 Å². The lowest BCUT2D eigenvalue weighted by molar-refractivity contribution is -0.385. The summed E-state index contributed by atoms with van der Waals surface area (Å²) < 4.78 is 1.80. The molecular weight excluding hydrogens is 284 g/mol. The van der Waals surface area contributed by atoms with E-state index in [1.54, 1.807) is 23.7 Å². The third-order valence-corrected chi connectivity index (χ3v) is 3.48. The summed E-state index contributed by atoms with van der Waals surface area (Å²) in [6.45, 7) is 6.61. The van der Waals surface area contributed by atoms with Crippen LogP contribution in [0.15, 0.2) is 24.4 Å². The Bertz CT molecular complexity index is 722. The van der Waals surface area contributed by atoms with Gasteiger partial charge in [-0.1, -0.05) is 6.07 Å². The summed E-state index contributed by atoms with van der Waals surface area (Å²) in [5, 5.41) is 18.0. The number of carbonyl (C=O) groups is 1. The van der Waals surface area contributed by atoms with E-state index >= 15 is 0 Å². The highest BCUT2D eigenvalue weighted by molar-refractivity contribution is 5.94. The number of aryl methyl sites for hydroxylation is 3. The third-order valence-electron chi connectivity index (χ3n) is 3.48. The number of hydrogen-bond donors (Lipinski definition) is 1. The molecule has 0 radical (unpaired) electrons. The maximum absolute atomic E-state index is 12.1. The Hall–Kier alpha value is -2.70. The Labute approximate surface area is 128 Å². The molecule has 0 fully saturated rings. The Balaban J connectivity index is 2.10. The van der Waals surface area contributed by atoms with E-state index in [9.17, 15) is 14.9 Å². The van der Waals surface area contributed by atoms with Crippen LogP contribution >= 0.6 is 0 Å². The van der Waals surface area contributed by atoms with Crippen LogP contribution in [-0.4, -0.2) is 20.6 Å². The monoisotopic (exact) mass is 302 g/mol. The van der Waals surface area contributed by atoms with Crippen molar-refractivity contribution in [3.63, 3.8) is 0 Å². The van der Waals surface area contributed by atoms with Crippen LogP contribution in [0.3, 0.4) is 0 Å². The summed E-state index contributed by atoms with van der Waals surface area (Å²) in [7, 11) is 0. The van der Waals surface area contributed by atoms with Crippen LogP contribution in [0.1, 0.15) is 34.1 Å². The Morgan fingerprint density at radius 3 is 2.73 bits per heavy atom. The molecule has 1 N–H and O–H groups in total. The van der Waals surface area contributed by atoms with Gasteiger partial charge in [-0.05, 0) is 26.8 Å². The number of carbonyl (C=O) groups excluding carboxylic acids is 1. The zero-order valence-electron chi connectivity index (χ0n) is 12.8. The molecule has 0 unspecified atom stereocenters. The molecule has 1 amide bonds.